The number of amides is 2. The van der Waals surface area contributed by atoms with E-state index in [1.807, 2.05) is 11.8 Å². The fourth-order valence-corrected chi connectivity index (χ4v) is 4.03. The van der Waals surface area contributed by atoms with E-state index in [1.165, 1.54) is 23.5 Å². The molecule has 0 bridgehead atoms. The number of benzene rings is 1. The highest BCUT2D eigenvalue weighted by molar-refractivity contribution is 7.11. The lowest BCUT2D eigenvalue weighted by molar-refractivity contribution is -0.131. The molecule has 5 nitrogen and oxygen atoms in total. The van der Waals surface area contributed by atoms with Crippen LogP contribution in [-0.2, 0) is 11.2 Å². The van der Waals surface area contributed by atoms with E-state index < -0.39 is 0 Å². The summed E-state index contributed by atoms with van der Waals surface area (Å²) in [5.41, 5.74) is 3.40. The third-order valence-electron chi connectivity index (χ3n) is 4.91. The number of carbonyl (C=O) groups is 2. The van der Waals surface area contributed by atoms with Gasteiger partial charge in [-0.15, -0.1) is 11.3 Å². The van der Waals surface area contributed by atoms with Crippen LogP contribution in [0.1, 0.15) is 46.6 Å². The van der Waals surface area contributed by atoms with Crippen molar-refractivity contribution in [2.75, 3.05) is 13.1 Å². The third kappa shape index (κ3) is 5.35. The van der Waals surface area contributed by atoms with Crippen LogP contribution in [0.15, 0.2) is 29.8 Å². The van der Waals surface area contributed by atoms with E-state index in [-0.39, 0.29) is 23.7 Å². The second-order valence-electron chi connectivity index (χ2n) is 6.88. The number of rotatable bonds is 5. The van der Waals surface area contributed by atoms with E-state index in [0.717, 1.165) is 30.5 Å². The second-order valence-corrected chi connectivity index (χ2v) is 7.73. The van der Waals surface area contributed by atoms with E-state index in [2.05, 4.69) is 10.3 Å². The van der Waals surface area contributed by atoms with Gasteiger partial charge in [-0.05, 0) is 50.3 Å². The molecule has 27 heavy (non-hydrogen) atoms. The summed E-state index contributed by atoms with van der Waals surface area (Å²) in [5, 5.41) is 3.08. The summed E-state index contributed by atoms with van der Waals surface area (Å²) in [4.78, 5) is 31.5. The number of likely N-dealkylation sites (tertiary alicyclic amines) is 1. The summed E-state index contributed by atoms with van der Waals surface area (Å²) < 4.78 is 13.0. The molecule has 1 fully saturated rings. The van der Waals surface area contributed by atoms with Gasteiger partial charge in [0, 0.05) is 25.6 Å². The summed E-state index contributed by atoms with van der Waals surface area (Å²) in [7, 11) is 0. The number of nitrogens with zero attached hydrogens (tertiary/aromatic N) is 2. The van der Waals surface area contributed by atoms with Gasteiger partial charge < -0.3 is 10.2 Å². The van der Waals surface area contributed by atoms with Gasteiger partial charge in [-0.25, -0.2) is 9.37 Å². The molecule has 1 aromatic heterocycles. The Balaban J connectivity index is 1.47. The molecule has 1 aliphatic heterocycles. The Hall–Kier alpha value is -2.28. The molecule has 3 rings (SSSR count). The first kappa shape index (κ1) is 19.5. The summed E-state index contributed by atoms with van der Waals surface area (Å²) >= 11 is 1.35. The van der Waals surface area contributed by atoms with Gasteiger partial charge in [-0.1, -0.05) is 12.1 Å². The Bertz CT molecular complexity index is 791. The average molecular weight is 389 g/mol. The van der Waals surface area contributed by atoms with Crippen molar-refractivity contribution in [1.82, 2.24) is 15.2 Å². The molecule has 1 atom stereocenters. The Labute approximate surface area is 162 Å². The smallest absolute Gasteiger partial charge is 0.263 e. The zero-order chi connectivity index (χ0) is 19.2. The quantitative estimate of drug-likeness (QED) is 0.853. The number of hydrogen-bond donors (Lipinski definition) is 1. The number of aromatic nitrogens is 1. The van der Waals surface area contributed by atoms with Crippen LogP contribution in [0.4, 0.5) is 4.39 Å². The standard InChI is InChI=1S/C20H24FN3O2S/c1-14-19(27-13-22-14)20(26)23-17-3-2-11-24(12-10-17)18(25)9-6-15-4-7-16(21)8-5-15/h4-5,7-8,13,17H,2-3,6,9-12H2,1H3,(H,23,26)/t17-/m1/s1. The van der Waals surface area contributed by atoms with E-state index in [9.17, 15) is 14.0 Å². The molecule has 2 amide bonds. The van der Waals surface area contributed by atoms with Crippen LogP contribution in [0.25, 0.3) is 0 Å². The predicted molar refractivity (Wildman–Crippen MR) is 103 cm³/mol. The summed E-state index contributed by atoms with van der Waals surface area (Å²) in [6, 6.07) is 6.36. The van der Waals surface area contributed by atoms with E-state index in [4.69, 9.17) is 0 Å². The number of aryl methyl sites for hydroxylation is 2. The highest BCUT2D eigenvalue weighted by Crippen LogP contribution is 2.16. The normalized spacial score (nSPS) is 17.4. The molecule has 1 saturated heterocycles. The van der Waals surface area contributed by atoms with Crippen molar-refractivity contribution in [3.63, 3.8) is 0 Å². The summed E-state index contributed by atoms with van der Waals surface area (Å²) in [6.45, 7) is 3.20. The van der Waals surface area contributed by atoms with Gasteiger partial charge in [0.25, 0.3) is 5.91 Å². The Kier molecular flexibility index (Phi) is 6.55. The molecule has 0 saturated carbocycles. The molecule has 1 aliphatic rings. The third-order valence-corrected chi connectivity index (χ3v) is 5.84. The zero-order valence-corrected chi connectivity index (χ0v) is 16.2. The van der Waals surface area contributed by atoms with E-state index in [1.54, 1.807) is 17.6 Å². The lowest BCUT2D eigenvalue weighted by Gasteiger charge is -2.21. The van der Waals surface area contributed by atoms with Gasteiger partial charge in [0.05, 0.1) is 11.2 Å². The van der Waals surface area contributed by atoms with E-state index >= 15 is 0 Å². The van der Waals surface area contributed by atoms with Gasteiger partial charge in [-0.2, -0.15) is 0 Å². The number of nitrogens with one attached hydrogen (secondary N) is 1. The largest absolute Gasteiger partial charge is 0.348 e. The van der Waals surface area contributed by atoms with Crippen LogP contribution in [-0.4, -0.2) is 40.8 Å². The fourth-order valence-electron chi connectivity index (χ4n) is 3.32. The summed E-state index contributed by atoms with van der Waals surface area (Å²) in [6.07, 6.45) is 3.52. The first-order valence-corrected chi connectivity index (χ1v) is 10.1. The van der Waals surface area contributed by atoms with Crippen LogP contribution in [0.3, 0.4) is 0 Å². The highest BCUT2D eigenvalue weighted by Gasteiger charge is 2.23. The maximum Gasteiger partial charge on any atom is 0.263 e. The average Bonchev–Trinajstić information content (AvgIpc) is 2.95. The molecule has 1 N–H and O–H groups in total. The Morgan fingerprint density at radius 3 is 2.74 bits per heavy atom. The Morgan fingerprint density at radius 2 is 2.04 bits per heavy atom. The molecule has 2 aromatic rings. The van der Waals surface area contributed by atoms with Gasteiger partial charge in [0.2, 0.25) is 5.91 Å². The maximum absolute atomic E-state index is 13.0. The molecule has 1 aromatic carbocycles. The summed E-state index contributed by atoms with van der Waals surface area (Å²) in [5.74, 6) is -0.222. The molecule has 0 unspecified atom stereocenters. The fraction of sp³-hybridized carbons (Fsp3) is 0.450. The van der Waals surface area contributed by atoms with Crippen molar-refractivity contribution in [2.24, 2.45) is 0 Å². The molecule has 144 valence electrons. The lowest BCUT2D eigenvalue weighted by atomic mass is 10.1. The van der Waals surface area contributed by atoms with Gasteiger partial charge in [0.1, 0.15) is 10.7 Å². The highest BCUT2D eigenvalue weighted by atomic mass is 32.1. The van der Waals surface area contributed by atoms with Crippen LogP contribution >= 0.6 is 11.3 Å². The second kappa shape index (κ2) is 9.08. The first-order chi connectivity index (χ1) is 13.0. The molecule has 0 spiro atoms. The first-order valence-electron chi connectivity index (χ1n) is 9.26. The van der Waals surface area contributed by atoms with Gasteiger partial charge in [0.15, 0.2) is 0 Å². The number of thiazole rings is 1. The zero-order valence-electron chi connectivity index (χ0n) is 15.4. The predicted octanol–water partition coefficient (Wildman–Crippen LogP) is 3.33. The van der Waals surface area contributed by atoms with Crippen LogP contribution in [0, 0.1) is 12.7 Å². The minimum atomic E-state index is -0.265. The molecule has 2 heterocycles. The molecule has 0 aliphatic carbocycles. The Morgan fingerprint density at radius 1 is 1.26 bits per heavy atom. The lowest BCUT2D eigenvalue weighted by Crippen LogP contribution is -2.36. The van der Waals surface area contributed by atoms with Gasteiger partial charge >= 0.3 is 0 Å². The number of carbonyl (C=O) groups excluding carboxylic acids is 2. The topological polar surface area (TPSA) is 62.3 Å². The van der Waals surface area contributed by atoms with E-state index in [0.29, 0.717) is 30.8 Å². The number of halogens is 1. The number of hydrogen-bond acceptors (Lipinski definition) is 4. The van der Waals surface area contributed by atoms with Crippen molar-refractivity contribution in [3.8, 4) is 0 Å². The monoisotopic (exact) mass is 389 g/mol. The maximum atomic E-state index is 13.0. The van der Waals surface area contributed by atoms with Crippen molar-refractivity contribution >= 4 is 23.2 Å². The molecular formula is C20H24FN3O2S. The SMILES string of the molecule is Cc1ncsc1C(=O)N[C@@H]1CCCN(C(=O)CCc2ccc(F)cc2)CC1. The van der Waals surface area contributed by atoms with Crippen molar-refractivity contribution < 1.29 is 14.0 Å². The minimum Gasteiger partial charge on any atom is -0.348 e. The van der Waals surface area contributed by atoms with Crippen LogP contribution < -0.4 is 5.32 Å². The van der Waals surface area contributed by atoms with Crippen molar-refractivity contribution in [2.45, 2.75) is 45.1 Å². The van der Waals surface area contributed by atoms with Crippen LogP contribution in [0.5, 0.6) is 0 Å². The van der Waals surface area contributed by atoms with Crippen LogP contribution in [0.2, 0.25) is 0 Å². The molecular weight excluding hydrogens is 365 g/mol. The minimum absolute atomic E-state index is 0.0731. The molecule has 7 heteroatoms. The molecule has 0 radical (unpaired) electrons. The van der Waals surface area contributed by atoms with Crippen molar-refractivity contribution in [3.05, 3.63) is 51.7 Å². The van der Waals surface area contributed by atoms with Gasteiger partial charge in [-0.3, -0.25) is 9.59 Å². The van der Waals surface area contributed by atoms with Crippen molar-refractivity contribution in [1.29, 1.82) is 0 Å².